The third kappa shape index (κ3) is 4.22. The molecule has 0 bridgehead atoms. The highest BCUT2D eigenvalue weighted by atomic mass is 32.1. The maximum atomic E-state index is 8.19. The summed E-state index contributed by atoms with van der Waals surface area (Å²) in [5, 5.41) is 10.9. The van der Waals surface area contributed by atoms with E-state index >= 15 is 0 Å². The molecule has 0 aromatic heterocycles. The highest BCUT2D eigenvalue weighted by Crippen LogP contribution is 1.73. The molecule has 0 atom stereocenters. The van der Waals surface area contributed by atoms with Crippen molar-refractivity contribution in [2.75, 3.05) is 6.54 Å². The molecular weight excluding hydrogens is 168 g/mol. The van der Waals surface area contributed by atoms with Gasteiger partial charge >= 0.3 is 0 Å². The van der Waals surface area contributed by atoms with Gasteiger partial charge < -0.3 is 16.2 Å². The first-order valence-electron chi connectivity index (χ1n) is 2.55. The summed E-state index contributed by atoms with van der Waals surface area (Å²) in [7, 11) is 0. The minimum absolute atomic E-state index is 0.168. The molecule has 0 spiro atoms. The van der Waals surface area contributed by atoms with E-state index in [9.17, 15) is 0 Å². The number of nitrogens with one attached hydrogen (secondary N) is 1. The van der Waals surface area contributed by atoms with Crippen molar-refractivity contribution in [1.82, 2.24) is 5.32 Å². The molecule has 0 fully saturated rings. The number of nitrogens with two attached hydrogens (primary N) is 1. The molecule has 0 saturated heterocycles. The van der Waals surface area contributed by atoms with Gasteiger partial charge in [-0.05, 0) is 6.08 Å². The second-order valence-electron chi connectivity index (χ2n) is 1.46. The number of hydrogen-bond acceptors (Lipinski definition) is 3. The third-order valence-electron chi connectivity index (χ3n) is 0.710. The summed E-state index contributed by atoms with van der Waals surface area (Å²) in [5.41, 5.74) is 5.16. The molecule has 0 aromatic rings. The van der Waals surface area contributed by atoms with E-state index in [1.807, 2.05) is 0 Å². The molecule has 0 aromatic carbocycles. The van der Waals surface area contributed by atoms with Crippen LogP contribution in [0.15, 0.2) is 12.3 Å². The topological polar surface area (TPSA) is 58.3 Å². The van der Waals surface area contributed by atoms with Gasteiger partial charge in [0.25, 0.3) is 0 Å². The molecule has 0 radical (unpaired) electrons. The van der Waals surface area contributed by atoms with Crippen LogP contribution in [-0.4, -0.2) is 21.6 Å². The fraction of sp³-hybridized carbons (Fsp3) is 0.200. The van der Waals surface area contributed by atoms with Gasteiger partial charge in [-0.15, -0.1) is 0 Å². The lowest BCUT2D eigenvalue weighted by Crippen LogP contribution is -2.32. The molecule has 3 nitrogen and oxygen atoms in total. The molecule has 0 amide bonds. The van der Waals surface area contributed by atoms with Crippen LogP contribution in [0.2, 0.25) is 0 Å². The zero-order valence-corrected chi connectivity index (χ0v) is 6.84. The van der Waals surface area contributed by atoms with Crippen LogP contribution in [0.3, 0.4) is 0 Å². The summed E-state index contributed by atoms with van der Waals surface area (Å²) < 4.78 is 0. The Kier molecular flexibility index (Phi) is 4.78. The summed E-state index contributed by atoms with van der Waals surface area (Å²) >= 11 is 9.25. The second-order valence-corrected chi connectivity index (χ2v) is 2.31. The highest BCUT2D eigenvalue weighted by molar-refractivity contribution is 7.89. The van der Waals surface area contributed by atoms with Gasteiger partial charge in [-0.3, -0.25) is 0 Å². The molecule has 5 heteroatoms. The van der Waals surface area contributed by atoms with Crippen LogP contribution in [-0.2, 0) is 0 Å². The first-order valence-corrected chi connectivity index (χ1v) is 3.37. The molecule has 4 N–H and O–H groups in total. The van der Waals surface area contributed by atoms with Crippen LogP contribution >= 0.6 is 24.4 Å². The number of rotatable bonds is 2. The van der Waals surface area contributed by atoms with E-state index in [-0.39, 0.29) is 4.99 Å². The van der Waals surface area contributed by atoms with Crippen molar-refractivity contribution in [2.45, 2.75) is 0 Å². The van der Waals surface area contributed by atoms with E-state index in [0.717, 1.165) is 6.26 Å². The zero-order valence-electron chi connectivity index (χ0n) is 5.20. The van der Waals surface area contributed by atoms with Crippen LogP contribution in [0.25, 0.3) is 0 Å². The molecule has 56 valence electrons. The van der Waals surface area contributed by atoms with Crippen LogP contribution in [0, 0.1) is 0 Å². The SMILES string of the molecule is NC(=S)C(=S)NCC=CO. The average molecular weight is 176 g/mol. The standard InChI is InChI=1S/C5H8N2OS2/c6-4(9)5(10)7-2-1-3-8/h1,3,8H,2H2,(H2,6,9)(H,7,10). The van der Waals surface area contributed by atoms with Gasteiger partial charge in [0.05, 0.1) is 6.26 Å². The largest absolute Gasteiger partial charge is 0.516 e. The minimum atomic E-state index is 0.168. The van der Waals surface area contributed by atoms with Crippen molar-refractivity contribution in [3.05, 3.63) is 12.3 Å². The number of aliphatic hydroxyl groups excluding tert-OH is 1. The van der Waals surface area contributed by atoms with E-state index in [0.29, 0.717) is 11.5 Å². The van der Waals surface area contributed by atoms with Crippen LogP contribution < -0.4 is 11.1 Å². The van der Waals surface area contributed by atoms with Crippen molar-refractivity contribution in [3.8, 4) is 0 Å². The van der Waals surface area contributed by atoms with E-state index in [2.05, 4.69) is 17.5 Å². The summed E-state index contributed by atoms with van der Waals surface area (Å²) in [6.45, 7) is 0.437. The molecule has 0 heterocycles. The normalized spacial score (nSPS) is 9.60. The van der Waals surface area contributed by atoms with Gasteiger partial charge in [-0.25, -0.2) is 0 Å². The molecule has 0 aliphatic carbocycles. The fourth-order valence-electron chi connectivity index (χ4n) is 0.291. The Labute approximate surface area is 69.9 Å². The Morgan fingerprint density at radius 3 is 2.60 bits per heavy atom. The third-order valence-corrected chi connectivity index (χ3v) is 1.41. The van der Waals surface area contributed by atoms with Crippen molar-refractivity contribution in [2.24, 2.45) is 5.73 Å². The predicted molar refractivity (Wildman–Crippen MR) is 49.2 cm³/mol. The summed E-state index contributed by atoms with van der Waals surface area (Å²) in [4.78, 5) is 0.509. The number of aliphatic hydroxyl groups is 1. The molecule has 0 aliphatic rings. The van der Waals surface area contributed by atoms with Crippen molar-refractivity contribution in [1.29, 1.82) is 0 Å². The van der Waals surface area contributed by atoms with E-state index in [4.69, 9.17) is 23.1 Å². The average Bonchev–Trinajstić information content (AvgIpc) is 1.88. The van der Waals surface area contributed by atoms with Crippen LogP contribution in [0.4, 0.5) is 0 Å². The van der Waals surface area contributed by atoms with E-state index in [1.165, 1.54) is 6.08 Å². The van der Waals surface area contributed by atoms with Crippen LogP contribution in [0.5, 0.6) is 0 Å². The lowest BCUT2D eigenvalue weighted by Gasteiger charge is -2.00. The van der Waals surface area contributed by atoms with Crippen LogP contribution in [0.1, 0.15) is 0 Å². The maximum absolute atomic E-state index is 8.19. The monoisotopic (exact) mass is 176 g/mol. The molecule has 0 saturated carbocycles. The number of hydrogen-bond donors (Lipinski definition) is 3. The zero-order chi connectivity index (χ0) is 7.98. The smallest absolute Gasteiger partial charge is 0.134 e. The Morgan fingerprint density at radius 1 is 1.60 bits per heavy atom. The first-order chi connectivity index (χ1) is 4.68. The van der Waals surface area contributed by atoms with Gasteiger partial charge in [0.1, 0.15) is 9.98 Å². The molecule has 10 heavy (non-hydrogen) atoms. The van der Waals surface area contributed by atoms with Gasteiger partial charge in [0.15, 0.2) is 0 Å². The lowest BCUT2D eigenvalue weighted by atomic mass is 10.5. The fourth-order valence-corrected chi connectivity index (χ4v) is 0.447. The Bertz CT molecular complexity index is 167. The van der Waals surface area contributed by atoms with Gasteiger partial charge in [0.2, 0.25) is 0 Å². The second kappa shape index (κ2) is 5.13. The van der Waals surface area contributed by atoms with Gasteiger partial charge in [-0.2, -0.15) is 0 Å². The van der Waals surface area contributed by atoms with E-state index in [1.54, 1.807) is 0 Å². The van der Waals surface area contributed by atoms with Crippen molar-refractivity contribution < 1.29 is 5.11 Å². The summed E-state index contributed by atoms with van der Waals surface area (Å²) in [6, 6.07) is 0. The van der Waals surface area contributed by atoms with Crippen molar-refractivity contribution in [3.63, 3.8) is 0 Å². The first kappa shape index (κ1) is 9.32. The minimum Gasteiger partial charge on any atom is -0.516 e. The van der Waals surface area contributed by atoms with E-state index < -0.39 is 0 Å². The summed E-state index contributed by atoms with van der Waals surface area (Å²) in [6.07, 6.45) is 2.42. The highest BCUT2D eigenvalue weighted by Gasteiger charge is 1.94. The molecule has 0 unspecified atom stereocenters. The van der Waals surface area contributed by atoms with Gasteiger partial charge in [-0.1, -0.05) is 24.4 Å². The van der Waals surface area contributed by atoms with Crippen molar-refractivity contribution >= 4 is 34.4 Å². The molecule has 0 rings (SSSR count). The number of thiocarbonyl (C=S) groups is 2. The van der Waals surface area contributed by atoms with Gasteiger partial charge in [0, 0.05) is 6.54 Å². The Hall–Kier alpha value is -0.680. The Morgan fingerprint density at radius 2 is 2.20 bits per heavy atom. The lowest BCUT2D eigenvalue weighted by molar-refractivity contribution is 0.471. The molecular formula is C5H8N2OS2. The molecule has 0 aliphatic heterocycles. The predicted octanol–water partition coefficient (Wildman–Crippen LogP) is 0.261. The maximum Gasteiger partial charge on any atom is 0.134 e. The summed E-state index contributed by atoms with van der Waals surface area (Å²) in [5.74, 6) is 0. The quantitative estimate of drug-likeness (QED) is 0.416. The Balaban J connectivity index is 3.50.